The van der Waals surface area contributed by atoms with Crippen molar-refractivity contribution in [3.63, 3.8) is 0 Å². The van der Waals surface area contributed by atoms with Gasteiger partial charge in [0.1, 0.15) is 0 Å². The van der Waals surface area contributed by atoms with E-state index in [1.54, 1.807) is 44.6 Å². The zero-order chi connectivity index (χ0) is 21.9. The number of ether oxygens (including phenoxy) is 4. The Balaban J connectivity index is 2.10. The largest absolute Gasteiger partial charge is 0.493 e. The summed E-state index contributed by atoms with van der Waals surface area (Å²) in [6.07, 6.45) is 0.333. The Hall–Kier alpha value is -2.98. The van der Waals surface area contributed by atoms with Gasteiger partial charge in [0.25, 0.3) is 0 Å². The highest BCUT2D eigenvalue weighted by atomic mass is 32.2. The molecule has 1 aliphatic heterocycles. The predicted octanol–water partition coefficient (Wildman–Crippen LogP) is 2.34. The smallest absolute Gasteiger partial charge is 0.316 e. The van der Waals surface area contributed by atoms with Crippen molar-refractivity contribution in [1.29, 1.82) is 0 Å². The molecule has 0 spiro atoms. The molecule has 1 heterocycles. The second kappa shape index (κ2) is 8.80. The highest BCUT2D eigenvalue weighted by molar-refractivity contribution is 7.87. The maximum absolute atomic E-state index is 12.7. The number of rotatable bonds is 8. The van der Waals surface area contributed by atoms with Crippen molar-refractivity contribution >= 4 is 15.9 Å². The molecule has 0 aromatic heterocycles. The molecule has 0 amide bonds. The third-order valence-corrected chi connectivity index (χ3v) is 6.23. The maximum Gasteiger partial charge on any atom is 0.316 e. The monoisotopic (exact) mass is 435 g/mol. The molecule has 0 aliphatic carbocycles. The van der Waals surface area contributed by atoms with Gasteiger partial charge in [-0.1, -0.05) is 12.1 Å². The highest BCUT2D eigenvalue weighted by Crippen LogP contribution is 2.43. The average molecular weight is 436 g/mol. The van der Waals surface area contributed by atoms with Crippen molar-refractivity contribution < 1.29 is 27.4 Å². The van der Waals surface area contributed by atoms with Crippen molar-refractivity contribution in [2.75, 3.05) is 35.5 Å². The van der Waals surface area contributed by atoms with Gasteiger partial charge in [0.15, 0.2) is 23.0 Å². The number of benzene rings is 2. The van der Waals surface area contributed by atoms with E-state index < -0.39 is 16.3 Å². The maximum atomic E-state index is 12.7. The molecule has 2 aromatic carbocycles. The number of hydrazone groups is 1. The van der Waals surface area contributed by atoms with E-state index in [4.69, 9.17) is 18.9 Å². The van der Waals surface area contributed by atoms with Crippen LogP contribution in [0.3, 0.4) is 0 Å². The fraction of sp³-hybridized carbons (Fsp3) is 0.350. The standard InChI is InChI=1S/C20H25N3O6S/c1-21-30(24,25)23-16(14-7-6-8-18(27-3)20(14)29-5)12-15(22-23)13-9-10-17(26-2)19(11-13)28-4/h6-11,16,21H,12H2,1-5H3. The van der Waals surface area contributed by atoms with E-state index in [0.29, 0.717) is 40.7 Å². The molecule has 9 nitrogen and oxygen atoms in total. The van der Waals surface area contributed by atoms with Gasteiger partial charge in [0, 0.05) is 24.6 Å². The number of nitrogens with one attached hydrogen (secondary N) is 1. The summed E-state index contributed by atoms with van der Waals surface area (Å²) >= 11 is 0. The van der Waals surface area contributed by atoms with Crippen LogP contribution in [-0.2, 0) is 10.2 Å². The first-order chi connectivity index (χ1) is 14.4. The van der Waals surface area contributed by atoms with Gasteiger partial charge < -0.3 is 18.9 Å². The molecule has 0 saturated heterocycles. The van der Waals surface area contributed by atoms with Gasteiger partial charge in [-0.15, -0.1) is 0 Å². The van der Waals surface area contributed by atoms with Crippen LogP contribution >= 0.6 is 0 Å². The molecule has 0 fully saturated rings. The van der Waals surface area contributed by atoms with E-state index in [1.807, 2.05) is 6.07 Å². The number of para-hydroxylation sites is 1. The SMILES string of the molecule is CNS(=O)(=O)N1N=C(c2ccc(OC)c(OC)c2)CC1c1cccc(OC)c1OC. The lowest BCUT2D eigenvalue weighted by Gasteiger charge is -2.24. The van der Waals surface area contributed by atoms with Crippen molar-refractivity contribution in [3.05, 3.63) is 47.5 Å². The van der Waals surface area contributed by atoms with Crippen molar-refractivity contribution in [2.45, 2.75) is 12.5 Å². The quantitative estimate of drug-likeness (QED) is 0.683. The molecule has 0 bridgehead atoms. The Morgan fingerprint density at radius 3 is 2.27 bits per heavy atom. The summed E-state index contributed by atoms with van der Waals surface area (Å²) in [6.45, 7) is 0. The lowest BCUT2D eigenvalue weighted by atomic mass is 9.98. The Bertz CT molecular complexity index is 1050. The number of hydrogen-bond acceptors (Lipinski definition) is 7. The highest BCUT2D eigenvalue weighted by Gasteiger charge is 2.38. The lowest BCUT2D eigenvalue weighted by molar-refractivity contribution is 0.327. The molecule has 1 N–H and O–H groups in total. The molecular formula is C20H25N3O6S. The molecule has 3 rings (SSSR count). The summed E-state index contributed by atoms with van der Waals surface area (Å²) in [5.41, 5.74) is 1.97. The van der Waals surface area contributed by atoms with Crippen LogP contribution in [0.4, 0.5) is 0 Å². The molecule has 1 unspecified atom stereocenters. The van der Waals surface area contributed by atoms with Gasteiger partial charge >= 0.3 is 10.2 Å². The second-order valence-electron chi connectivity index (χ2n) is 6.40. The molecule has 2 aromatic rings. The minimum absolute atomic E-state index is 0.333. The molecule has 162 valence electrons. The Morgan fingerprint density at radius 1 is 0.967 bits per heavy atom. The third kappa shape index (κ3) is 3.88. The summed E-state index contributed by atoms with van der Waals surface area (Å²) < 4.78 is 50.4. The van der Waals surface area contributed by atoms with E-state index in [1.165, 1.54) is 21.3 Å². The zero-order valence-corrected chi connectivity index (χ0v) is 18.3. The van der Waals surface area contributed by atoms with Crippen LogP contribution in [0.15, 0.2) is 41.5 Å². The van der Waals surface area contributed by atoms with Crippen LogP contribution in [0.25, 0.3) is 0 Å². The van der Waals surface area contributed by atoms with Gasteiger partial charge in [0.05, 0.1) is 40.2 Å². The van der Waals surface area contributed by atoms with Crippen LogP contribution in [0.2, 0.25) is 0 Å². The minimum atomic E-state index is -3.87. The van der Waals surface area contributed by atoms with E-state index in [0.717, 1.165) is 9.98 Å². The molecule has 0 radical (unpaired) electrons. The Morgan fingerprint density at radius 2 is 1.67 bits per heavy atom. The summed E-state index contributed by atoms with van der Waals surface area (Å²) in [4.78, 5) is 0. The molecule has 10 heteroatoms. The molecule has 1 atom stereocenters. The van der Waals surface area contributed by atoms with E-state index in [-0.39, 0.29) is 0 Å². The van der Waals surface area contributed by atoms with Crippen LogP contribution < -0.4 is 23.7 Å². The molecule has 30 heavy (non-hydrogen) atoms. The van der Waals surface area contributed by atoms with Crippen LogP contribution in [0.5, 0.6) is 23.0 Å². The summed E-state index contributed by atoms with van der Waals surface area (Å²) in [5.74, 6) is 2.08. The fourth-order valence-corrected chi connectivity index (χ4v) is 4.32. The van der Waals surface area contributed by atoms with Crippen molar-refractivity contribution in [1.82, 2.24) is 9.14 Å². The normalized spacial score (nSPS) is 16.2. The first kappa shape index (κ1) is 21.7. The Kier molecular flexibility index (Phi) is 6.37. The first-order valence-electron chi connectivity index (χ1n) is 9.13. The average Bonchev–Trinajstić information content (AvgIpc) is 3.24. The van der Waals surface area contributed by atoms with Gasteiger partial charge in [-0.25, -0.2) is 0 Å². The Labute approximate surface area is 176 Å². The first-order valence-corrected chi connectivity index (χ1v) is 10.6. The minimum Gasteiger partial charge on any atom is -0.493 e. The predicted molar refractivity (Wildman–Crippen MR) is 113 cm³/mol. The van der Waals surface area contributed by atoms with E-state index in [2.05, 4.69) is 9.82 Å². The number of hydrogen-bond donors (Lipinski definition) is 1. The van der Waals surface area contributed by atoms with Crippen LogP contribution in [-0.4, -0.2) is 54.0 Å². The summed E-state index contributed by atoms with van der Waals surface area (Å²) in [5, 5.41) is 4.43. The van der Waals surface area contributed by atoms with E-state index in [9.17, 15) is 8.42 Å². The summed E-state index contributed by atoms with van der Waals surface area (Å²) in [6, 6.07) is 10.1. The van der Waals surface area contributed by atoms with Crippen LogP contribution in [0, 0.1) is 0 Å². The third-order valence-electron chi connectivity index (χ3n) is 4.89. The number of methoxy groups -OCH3 is 4. The van der Waals surface area contributed by atoms with Gasteiger partial charge in [0.2, 0.25) is 0 Å². The fourth-order valence-electron chi connectivity index (χ4n) is 3.40. The lowest BCUT2D eigenvalue weighted by Crippen LogP contribution is -2.35. The number of nitrogens with zero attached hydrogens (tertiary/aromatic N) is 2. The van der Waals surface area contributed by atoms with Gasteiger partial charge in [-0.3, -0.25) is 0 Å². The van der Waals surface area contributed by atoms with Crippen molar-refractivity contribution in [3.8, 4) is 23.0 Å². The molecule has 1 aliphatic rings. The van der Waals surface area contributed by atoms with Crippen LogP contribution in [0.1, 0.15) is 23.6 Å². The second-order valence-corrected chi connectivity index (χ2v) is 8.13. The van der Waals surface area contributed by atoms with Gasteiger partial charge in [-0.2, -0.15) is 22.7 Å². The zero-order valence-electron chi connectivity index (χ0n) is 17.5. The molecule has 0 saturated carbocycles. The summed E-state index contributed by atoms with van der Waals surface area (Å²) in [7, 11) is 3.62. The topological polar surface area (TPSA) is 98.7 Å². The van der Waals surface area contributed by atoms with E-state index >= 15 is 0 Å². The molecular weight excluding hydrogens is 410 g/mol. The van der Waals surface area contributed by atoms with Crippen molar-refractivity contribution in [2.24, 2.45) is 5.10 Å². The van der Waals surface area contributed by atoms with Gasteiger partial charge in [-0.05, 0) is 24.3 Å².